The number of amides is 1. The van der Waals surface area contributed by atoms with Gasteiger partial charge in [0.1, 0.15) is 11.7 Å². The van der Waals surface area contributed by atoms with E-state index in [1.807, 2.05) is 6.92 Å². The summed E-state index contributed by atoms with van der Waals surface area (Å²) < 4.78 is 4.93. The molecule has 0 saturated heterocycles. The summed E-state index contributed by atoms with van der Waals surface area (Å²) in [7, 11) is 0. The summed E-state index contributed by atoms with van der Waals surface area (Å²) >= 11 is 5.95. The van der Waals surface area contributed by atoms with Crippen LogP contribution in [-0.4, -0.2) is 41.0 Å². The SMILES string of the molecule is CCOC(=O)CN(C(=O)c1cc(Cl)nc(CC)c1)C1CC1. The third-order valence-electron chi connectivity index (χ3n) is 3.31. The minimum absolute atomic E-state index is 0.0151. The first-order valence-electron chi connectivity index (χ1n) is 7.18. The largest absolute Gasteiger partial charge is 0.465 e. The van der Waals surface area contributed by atoms with E-state index in [1.165, 1.54) is 0 Å². The number of hydrogen-bond acceptors (Lipinski definition) is 4. The summed E-state index contributed by atoms with van der Waals surface area (Å²) in [5.74, 6) is -0.571. The van der Waals surface area contributed by atoms with E-state index in [-0.39, 0.29) is 24.5 Å². The van der Waals surface area contributed by atoms with Crippen LogP contribution in [0.1, 0.15) is 42.7 Å². The smallest absolute Gasteiger partial charge is 0.325 e. The molecule has 1 amide bonds. The van der Waals surface area contributed by atoms with Crippen molar-refractivity contribution in [2.45, 2.75) is 39.2 Å². The Labute approximate surface area is 129 Å². The number of aromatic nitrogens is 1. The highest BCUT2D eigenvalue weighted by Crippen LogP contribution is 2.28. The van der Waals surface area contributed by atoms with E-state index in [2.05, 4.69) is 4.98 Å². The number of rotatable bonds is 6. The van der Waals surface area contributed by atoms with Crippen molar-refractivity contribution in [1.82, 2.24) is 9.88 Å². The molecule has 0 unspecified atom stereocenters. The zero-order chi connectivity index (χ0) is 15.4. The van der Waals surface area contributed by atoms with Crippen molar-refractivity contribution < 1.29 is 14.3 Å². The molecule has 0 atom stereocenters. The van der Waals surface area contributed by atoms with E-state index in [1.54, 1.807) is 24.0 Å². The molecule has 5 nitrogen and oxygen atoms in total. The van der Waals surface area contributed by atoms with Gasteiger partial charge in [-0.05, 0) is 38.3 Å². The highest BCUT2D eigenvalue weighted by atomic mass is 35.5. The van der Waals surface area contributed by atoms with Gasteiger partial charge in [0.2, 0.25) is 0 Å². The fourth-order valence-corrected chi connectivity index (χ4v) is 2.35. The molecule has 0 aliphatic heterocycles. The lowest BCUT2D eigenvalue weighted by atomic mass is 10.1. The van der Waals surface area contributed by atoms with Crippen LogP contribution in [0.3, 0.4) is 0 Å². The Kier molecular flexibility index (Phi) is 5.17. The predicted molar refractivity (Wildman–Crippen MR) is 79.3 cm³/mol. The normalized spacial score (nSPS) is 13.9. The number of aryl methyl sites for hydroxylation is 1. The van der Waals surface area contributed by atoms with Crippen LogP contribution in [0.4, 0.5) is 0 Å². The molecular weight excluding hydrogens is 292 g/mol. The molecule has 0 bridgehead atoms. The fourth-order valence-electron chi connectivity index (χ4n) is 2.12. The van der Waals surface area contributed by atoms with Gasteiger partial charge in [-0.15, -0.1) is 0 Å². The molecule has 1 aliphatic rings. The average molecular weight is 311 g/mol. The third-order valence-corrected chi connectivity index (χ3v) is 3.50. The minimum Gasteiger partial charge on any atom is -0.465 e. The maximum absolute atomic E-state index is 12.6. The lowest BCUT2D eigenvalue weighted by Gasteiger charge is -2.21. The molecule has 0 spiro atoms. The van der Waals surface area contributed by atoms with Crippen molar-refractivity contribution in [1.29, 1.82) is 0 Å². The first-order valence-corrected chi connectivity index (χ1v) is 7.56. The zero-order valence-corrected chi connectivity index (χ0v) is 13.0. The average Bonchev–Trinajstić information content (AvgIpc) is 3.28. The van der Waals surface area contributed by atoms with Crippen LogP contribution in [0.25, 0.3) is 0 Å². The minimum atomic E-state index is -0.381. The van der Waals surface area contributed by atoms with Crippen LogP contribution in [0.2, 0.25) is 5.15 Å². The summed E-state index contributed by atoms with van der Waals surface area (Å²) in [6.45, 7) is 3.99. The van der Waals surface area contributed by atoms with E-state index >= 15 is 0 Å². The molecule has 21 heavy (non-hydrogen) atoms. The number of pyridine rings is 1. The molecule has 0 N–H and O–H groups in total. The van der Waals surface area contributed by atoms with Gasteiger partial charge in [-0.25, -0.2) is 4.98 Å². The fraction of sp³-hybridized carbons (Fsp3) is 0.533. The molecule has 1 aliphatic carbocycles. The first kappa shape index (κ1) is 15.8. The van der Waals surface area contributed by atoms with Gasteiger partial charge in [0, 0.05) is 17.3 Å². The quantitative estimate of drug-likeness (QED) is 0.598. The lowest BCUT2D eigenvalue weighted by Crippen LogP contribution is -2.38. The Morgan fingerprint density at radius 1 is 1.38 bits per heavy atom. The predicted octanol–water partition coefficient (Wildman–Crippen LogP) is 2.47. The molecular formula is C15H19ClN2O3. The van der Waals surface area contributed by atoms with Gasteiger partial charge < -0.3 is 9.64 Å². The number of esters is 1. The molecule has 1 heterocycles. The second-order valence-corrected chi connectivity index (χ2v) is 5.38. The molecule has 114 valence electrons. The number of halogens is 1. The first-order chi connectivity index (χ1) is 10.0. The van der Waals surface area contributed by atoms with Gasteiger partial charge in [-0.1, -0.05) is 18.5 Å². The second-order valence-electron chi connectivity index (χ2n) is 4.99. The molecule has 2 rings (SSSR count). The molecule has 0 aromatic carbocycles. The van der Waals surface area contributed by atoms with Gasteiger partial charge >= 0.3 is 5.97 Å². The van der Waals surface area contributed by atoms with Gasteiger partial charge in [-0.2, -0.15) is 0 Å². The van der Waals surface area contributed by atoms with Gasteiger partial charge in [0.15, 0.2) is 0 Å². The Morgan fingerprint density at radius 3 is 2.67 bits per heavy atom. The maximum Gasteiger partial charge on any atom is 0.325 e. The van der Waals surface area contributed by atoms with Crippen LogP contribution in [0, 0.1) is 0 Å². The lowest BCUT2D eigenvalue weighted by molar-refractivity contribution is -0.144. The Hall–Kier alpha value is -1.62. The highest BCUT2D eigenvalue weighted by Gasteiger charge is 2.34. The maximum atomic E-state index is 12.6. The van der Waals surface area contributed by atoms with Crippen molar-refractivity contribution in [2.24, 2.45) is 0 Å². The van der Waals surface area contributed by atoms with Crippen molar-refractivity contribution in [3.05, 3.63) is 28.5 Å². The monoisotopic (exact) mass is 310 g/mol. The standard InChI is InChI=1S/C15H19ClN2O3/c1-3-11-7-10(8-13(16)17-11)15(20)18(12-5-6-12)9-14(19)21-4-2/h7-8,12H,3-6,9H2,1-2H3. The number of carbonyl (C=O) groups excluding carboxylic acids is 2. The number of hydrogen-bond donors (Lipinski definition) is 0. The summed E-state index contributed by atoms with van der Waals surface area (Å²) in [6, 6.07) is 3.40. The zero-order valence-electron chi connectivity index (χ0n) is 12.3. The Morgan fingerprint density at radius 2 is 2.10 bits per heavy atom. The van der Waals surface area contributed by atoms with E-state index in [0.717, 1.165) is 18.5 Å². The van der Waals surface area contributed by atoms with E-state index in [0.29, 0.717) is 23.7 Å². The number of nitrogens with zero attached hydrogens (tertiary/aromatic N) is 2. The highest BCUT2D eigenvalue weighted by molar-refractivity contribution is 6.29. The summed E-state index contributed by atoms with van der Waals surface area (Å²) in [4.78, 5) is 30.0. The third kappa shape index (κ3) is 4.17. The van der Waals surface area contributed by atoms with Crippen LogP contribution >= 0.6 is 11.6 Å². The number of ether oxygens (including phenoxy) is 1. The molecule has 1 saturated carbocycles. The Bertz CT molecular complexity index is 544. The summed E-state index contributed by atoms with van der Waals surface area (Å²) in [6.07, 6.45) is 2.54. The summed E-state index contributed by atoms with van der Waals surface area (Å²) in [5, 5.41) is 0.296. The van der Waals surface area contributed by atoms with Crippen molar-refractivity contribution >= 4 is 23.5 Å². The molecule has 1 fully saturated rings. The van der Waals surface area contributed by atoms with Crippen molar-refractivity contribution in [3.8, 4) is 0 Å². The van der Waals surface area contributed by atoms with E-state index in [9.17, 15) is 9.59 Å². The van der Waals surface area contributed by atoms with Crippen molar-refractivity contribution in [2.75, 3.05) is 13.2 Å². The van der Waals surface area contributed by atoms with Crippen LogP contribution < -0.4 is 0 Å². The van der Waals surface area contributed by atoms with Gasteiger partial charge in [0.25, 0.3) is 5.91 Å². The molecule has 1 aromatic heterocycles. The topological polar surface area (TPSA) is 59.5 Å². The van der Waals surface area contributed by atoms with E-state index in [4.69, 9.17) is 16.3 Å². The van der Waals surface area contributed by atoms with Crippen LogP contribution in [0.15, 0.2) is 12.1 Å². The van der Waals surface area contributed by atoms with Crippen molar-refractivity contribution in [3.63, 3.8) is 0 Å². The summed E-state index contributed by atoms with van der Waals surface area (Å²) in [5.41, 5.74) is 1.24. The Balaban J connectivity index is 2.18. The van der Waals surface area contributed by atoms with Crippen LogP contribution in [-0.2, 0) is 16.0 Å². The van der Waals surface area contributed by atoms with E-state index < -0.39 is 0 Å². The molecule has 0 radical (unpaired) electrons. The number of carbonyl (C=O) groups is 2. The second kappa shape index (κ2) is 6.89. The van der Waals surface area contributed by atoms with Gasteiger partial charge in [0.05, 0.1) is 6.61 Å². The van der Waals surface area contributed by atoms with Crippen LogP contribution in [0.5, 0.6) is 0 Å². The van der Waals surface area contributed by atoms with Gasteiger partial charge in [-0.3, -0.25) is 9.59 Å². The molecule has 6 heteroatoms. The molecule has 1 aromatic rings.